The molecule has 0 bridgehead atoms. The lowest BCUT2D eigenvalue weighted by atomic mass is 10.2. The number of anilines is 1. The molecule has 0 atom stereocenters. The second kappa shape index (κ2) is 7.09. The Morgan fingerprint density at radius 3 is 2.48 bits per heavy atom. The Morgan fingerprint density at radius 1 is 1.14 bits per heavy atom. The standard InChI is InChI=1S/C16H18ClNO3/c1-3-21-16-8-11(14(17)9-15(16)20-2)10-18-12-4-6-13(19)7-5-12/h4-9,18-19H,3,10H2,1-2H3. The molecular formula is C16H18ClNO3. The average Bonchev–Trinajstić information content (AvgIpc) is 2.49. The van der Waals surface area contributed by atoms with Crippen molar-refractivity contribution in [2.75, 3.05) is 19.0 Å². The smallest absolute Gasteiger partial charge is 0.162 e. The Balaban J connectivity index is 2.15. The zero-order valence-corrected chi connectivity index (χ0v) is 12.8. The average molecular weight is 308 g/mol. The van der Waals surface area contributed by atoms with Gasteiger partial charge in [0.1, 0.15) is 5.75 Å². The van der Waals surface area contributed by atoms with Gasteiger partial charge in [-0.1, -0.05) is 11.6 Å². The first-order valence-electron chi connectivity index (χ1n) is 6.66. The summed E-state index contributed by atoms with van der Waals surface area (Å²) >= 11 is 6.26. The number of nitrogens with one attached hydrogen (secondary N) is 1. The fraction of sp³-hybridized carbons (Fsp3) is 0.250. The molecule has 0 aliphatic carbocycles. The molecule has 2 aromatic carbocycles. The molecule has 2 rings (SSSR count). The lowest BCUT2D eigenvalue weighted by Gasteiger charge is -2.14. The number of methoxy groups -OCH3 is 1. The quantitative estimate of drug-likeness (QED) is 0.790. The molecule has 0 spiro atoms. The van der Waals surface area contributed by atoms with E-state index in [1.807, 2.05) is 13.0 Å². The summed E-state index contributed by atoms with van der Waals surface area (Å²) in [6.45, 7) is 3.03. The molecule has 2 N–H and O–H groups in total. The van der Waals surface area contributed by atoms with Crippen LogP contribution in [0.5, 0.6) is 17.2 Å². The maximum atomic E-state index is 9.26. The molecule has 5 heteroatoms. The molecular weight excluding hydrogens is 290 g/mol. The fourth-order valence-corrected chi connectivity index (χ4v) is 2.14. The topological polar surface area (TPSA) is 50.7 Å². The molecule has 2 aromatic rings. The van der Waals surface area contributed by atoms with E-state index in [9.17, 15) is 5.11 Å². The highest BCUT2D eigenvalue weighted by Crippen LogP contribution is 2.33. The van der Waals surface area contributed by atoms with E-state index in [1.165, 1.54) is 0 Å². The molecule has 0 unspecified atom stereocenters. The van der Waals surface area contributed by atoms with Crippen molar-refractivity contribution < 1.29 is 14.6 Å². The van der Waals surface area contributed by atoms with Gasteiger partial charge in [-0.3, -0.25) is 0 Å². The zero-order chi connectivity index (χ0) is 15.2. The lowest BCUT2D eigenvalue weighted by Crippen LogP contribution is -2.02. The van der Waals surface area contributed by atoms with Gasteiger partial charge >= 0.3 is 0 Å². The van der Waals surface area contributed by atoms with Crippen molar-refractivity contribution in [3.63, 3.8) is 0 Å². The van der Waals surface area contributed by atoms with E-state index in [1.54, 1.807) is 37.4 Å². The van der Waals surface area contributed by atoms with E-state index < -0.39 is 0 Å². The van der Waals surface area contributed by atoms with Gasteiger partial charge in [0.25, 0.3) is 0 Å². The number of hydrogen-bond donors (Lipinski definition) is 2. The van der Waals surface area contributed by atoms with Gasteiger partial charge in [-0.25, -0.2) is 0 Å². The summed E-state index contributed by atoms with van der Waals surface area (Å²) in [5, 5.41) is 13.1. The molecule has 0 aromatic heterocycles. The van der Waals surface area contributed by atoms with Gasteiger partial charge < -0.3 is 19.9 Å². The van der Waals surface area contributed by atoms with E-state index in [0.717, 1.165) is 11.3 Å². The Hall–Kier alpha value is -2.07. The Bertz CT molecular complexity index is 599. The van der Waals surface area contributed by atoms with Crippen LogP contribution < -0.4 is 14.8 Å². The highest BCUT2D eigenvalue weighted by Gasteiger charge is 2.10. The molecule has 4 nitrogen and oxygen atoms in total. The molecule has 0 aliphatic heterocycles. The van der Waals surface area contributed by atoms with Crippen LogP contribution in [0.1, 0.15) is 12.5 Å². The van der Waals surface area contributed by atoms with Crippen molar-refractivity contribution in [3.8, 4) is 17.2 Å². The monoisotopic (exact) mass is 307 g/mol. The largest absolute Gasteiger partial charge is 0.508 e. The molecule has 0 aliphatic rings. The Labute approximate surface area is 129 Å². The van der Waals surface area contributed by atoms with Crippen LogP contribution in [0.4, 0.5) is 5.69 Å². The van der Waals surface area contributed by atoms with Crippen molar-refractivity contribution >= 4 is 17.3 Å². The summed E-state index contributed by atoms with van der Waals surface area (Å²) in [6, 6.07) is 10.5. The van der Waals surface area contributed by atoms with Gasteiger partial charge in [-0.15, -0.1) is 0 Å². The second-order valence-electron chi connectivity index (χ2n) is 4.43. The summed E-state index contributed by atoms with van der Waals surface area (Å²) in [5.74, 6) is 1.53. The van der Waals surface area contributed by atoms with Crippen LogP contribution in [0.25, 0.3) is 0 Å². The zero-order valence-electron chi connectivity index (χ0n) is 12.0. The third-order valence-corrected chi connectivity index (χ3v) is 3.33. The van der Waals surface area contributed by atoms with Crippen LogP contribution >= 0.6 is 11.6 Å². The van der Waals surface area contributed by atoms with Crippen LogP contribution in [0.15, 0.2) is 36.4 Å². The van der Waals surface area contributed by atoms with E-state index in [4.69, 9.17) is 21.1 Å². The van der Waals surface area contributed by atoms with Gasteiger partial charge in [0.05, 0.1) is 13.7 Å². The molecule has 0 saturated heterocycles. The normalized spacial score (nSPS) is 10.2. The molecule has 0 heterocycles. The number of phenolic OH excluding ortho intramolecular Hbond substituents is 1. The van der Waals surface area contributed by atoms with Crippen LogP contribution in [0.2, 0.25) is 5.02 Å². The molecule has 0 saturated carbocycles. The van der Waals surface area contributed by atoms with Crippen molar-refractivity contribution in [1.82, 2.24) is 0 Å². The minimum Gasteiger partial charge on any atom is -0.508 e. The van der Waals surface area contributed by atoms with Gasteiger partial charge in [-0.2, -0.15) is 0 Å². The number of aromatic hydroxyl groups is 1. The van der Waals surface area contributed by atoms with Crippen molar-refractivity contribution in [1.29, 1.82) is 0 Å². The SMILES string of the molecule is CCOc1cc(CNc2ccc(O)cc2)c(Cl)cc1OC. The molecule has 21 heavy (non-hydrogen) atoms. The Kier molecular flexibility index (Phi) is 5.17. The predicted octanol–water partition coefficient (Wildman–Crippen LogP) is 4.07. The van der Waals surface area contributed by atoms with E-state index in [-0.39, 0.29) is 5.75 Å². The van der Waals surface area contributed by atoms with E-state index >= 15 is 0 Å². The number of halogens is 1. The molecule has 0 amide bonds. The number of ether oxygens (including phenoxy) is 2. The third kappa shape index (κ3) is 3.95. The van der Waals surface area contributed by atoms with Crippen LogP contribution in [-0.4, -0.2) is 18.8 Å². The van der Waals surface area contributed by atoms with Crippen LogP contribution in [-0.2, 0) is 6.54 Å². The number of phenols is 1. The highest BCUT2D eigenvalue weighted by molar-refractivity contribution is 6.31. The number of rotatable bonds is 6. The molecule has 0 fully saturated rings. The highest BCUT2D eigenvalue weighted by atomic mass is 35.5. The maximum Gasteiger partial charge on any atom is 0.162 e. The maximum absolute atomic E-state index is 9.26. The van der Waals surface area contributed by atoms with Gasteiger partial charge in [0.15, 0.2) is 11.5 Å². The molecule has 112 valence electrons. The summed E-state index contributed by atoms with van der Waals surface area (Å²) in [5.41, 5.74) is 1.81. The first-order chi connectivity index (χ1) is 10.1. The summed E-state index contributed by atoms with van der Waals surface area (Å²) < 4.78 is 10.8. The number of hydrogen-bond acceptors (Lipinski definition) is 4. The van der Waals surface area contributed by atoms with E-state index in [0.29, 0.717) is 29.7 Å². The summed E-state index contributed by atoms with van der Waals surface area (Å²) in [7, 11) is 1.59. The van der Waals surface area contributed by atoms with Gasteiger partial charge in [-0.05, 0) is 42.8 Å². The third-order valence-electron chi connectivity index (χ3n) is 2.98. The summed E-state index contributed by atoms with van der Waals surface area (Å²) in [4.78, 5) is 0. The first-order valence-corrected chi connectivity index (χ1v) is 7.04. The minimum absolute atomic E-state index is 0.238. The number of benzene rings is 2. The van der Waals surface area contributed by atoms with E-state index in [2.05, 4.69) is 5.32 Å². The lowest BCUT2D eigenvalue weighted by molar-refractivity contribution is 0.310. The predicted molar refractivity (Wildman–Crippen MR) is 84.6 cm³/mol. The molecule has 0 radical (unpaired) electrons. The van der Waals surface area contributed by atoms with Crippen molar-refractivity contribution in [2.24, 2.45) is 0 Å². The Morgan fingerprint density at radius 2 is 1.86 bits per heavy atom. The fourth-order valence-electron chi connectivity index (χ4n) is 1.92. The van der Waals surface area contributed by atoms with Crippen molar-refractivity contribution in [3.05, 3.63) is 47.0 Å². The van der Waals surface area contributed by atoms with Crippen LogP contribution in [0, 0.1) is 0 Å². The minimum atomic E-state index is 0.238. The van der Waals surface area contributed by atoms with Gasteiger partial charge in [0.2, 0.25) is 0 Å². The summed E-state index contributed by atoms with van der Waals surface area (Å²) in [6.07, 6.45) is 0. The second-order valence-corrected chi connectivity index (χ2v) is 4.84. The van der Waals surface area contributed by atoms with Crippen molar-refractivity contribution in [2.45, 2.75) is 13.5 Å². The van der Waals surface area contributed by atoms with Crippen LogP contribution in [0.3, 0.4) is 0 Å². The first kappa shape index (κ1) is 15.3. The van der Waals surface area contributed by atoms with Gasteiger partial charge in [0, 0.05) is 23.3 Å².